The third-order valence-electron chi connectivity index (χ3n) is 3.22. The Hall–Kier alpha value is -2.51. The first-order valence-corrected chi connectivity index (χ1v) is 6.25. The topological polar surface area (TPSA) is 97.0 Å². The van der Waals surface area contributed by atoms with Gasteiger partial charge in [0.25, 0.3) is 0 Å². The van der Waals surface area contributed by atoms with Crippen molar-refractivity contribution in [2.45, 2.75) is 19.9 Å². The molecular formula is C12H14N6O2. The summed E-state index contributed by atoms with van der Waals surface area (Å²) in [6, 6.07) is 2.04. The van der Waals surface area contributed by atoms with E-state index < -0.39 is 5.97 Å². The molecule has 8 heteroatoms. The van der Waals surface area contributed by atoms with Gasteiger partial charge in [-0.05, 0) is 19.9 Å². The van der Waals surface area contributed by atoms with Crippen LogP contribution in [0.3, 0.4) is 0 Å². The molecular weight excluding hydrogens is 260 g/mol. The summed E-state index contributed by atoms with van der Waals surface area (Å²) in [5.41, 5.74) is 1.83. The minimum atomic E-state index is -1.06. The lowest BCUT2D eigenvalue weighted by Crippen LogP contribution is -2.49. The third kappa shape index (κ3) is 2.20. The molecule has 3 heterocycles. The molecule has 0 radical (unpaired) electrons. The predicted molar refractivity (Wildman–Crippen MR) is 69.7 cm³/mol. The van der Waals surface area contributed by atoms with Crippen LogP contribution in [0.25, 0.3) is 0 Å². The molecule has 0 amide bonds. The first-order chi connectivity index (χ1) is 9.52. The molecule has 20 heavy (non-hydrogen) atoms. The van der Waals surface area contributed by atoms with Crippen molar-refractivity contribution in [1.82, 2.24) is 25.0 Å². The highest BCUT2D eigenvalue weighted by molar-refractivity contribution is 5.84. The Kier molecular flexibility index (Phi) is 2.85. The number of nitrogens with zero attached hydrogens (tertiary/aromatic N) is 6. The number of hydrogen-bond donors (Lipinski definition) is 1. The Balaban J connectivity index is 1.70. The highest BCUT2D eigenvalue weighted by Crippen LogP contribution is 2.24. The molecule has 0 aromatic carbocycles. The van der Waals surface area contributed by atoms with Gasteiger partial charge in [0, 0.05) is 24.5 Å². The molecule has 2 aromatic heterocycles. The van der Waals surface area contributed by atoms with Gasteiger partial charge in [0.05, 0.1) is 12.2 Å². The Morgan fingerprint density at radius 1 is 1.30 bits per heavy atom. The molecule has 0 saturated carbocycles. The van der Waals surface area contributed by atoms with E-state index in [9.17, 15) is 4.79 Å². The van der Waals surface area contributed by atoms with Crippen molar-refractivity contribution >= 4 is 11.9 Å². The van der Waals surface area contributed by atoms with Crippen LogP contribution in [0.15, 0.2) is 12.3 Å². The average Bonchev–Trinajstić information content (AvgIpc) is 2.75. The summed E-state index contributed by atoms with van der Waals surface area (Å²) in [7, 11) is 0. The first kappa shape index (κ1) is 12.5. The lowest BCUT2D eigenvalue weighted by Gasteiger charge is -2.38. The number of carboxylic acid groups (broad SMARTS) is 1. The first-order valence-electron chi connectivity index (χ1n) is 6.25. The fourth-order valence-corrected chi connectivity index (χ4v) is 2.19. The smallest absolute Gasteiger partial charge is 0.358 e. The second kappa shape index (κ2) is 4.55. The van der Waals surface area contributed by atoms with Gasteiger partial charge >= 0.3 is 5.97 Å². The van der Waals surface area contributed by atoms with E-state index in [1.165, 1.54) is 6.20 Å². The van der Waals surface area contributed by atoms with Crippen molar-refractivity contribution in [2.75, 3.05) is 18.0 Å². The zero-order chi connectivity index (χ0) is 14.3. The normalized spacial score (nSPS) is 15.2. The van der Waals surface area contributed by atoms with Gasteiger partial charge in [0.1, 0.15) is 0 Å². The molecule has 1 fully saturated rings. The molecule has 0 aliphatic carbocycles. The van der Waals surface area contributed by atoms with Gasteiger partial charge in [-0.1, -0.05) is 5.21 Å². The molecule has 1 aliphatic heterocycles. The van der Waals surface area contributed by atoms with Gasteiger partial charge in [0.2, 0.25) is 5.95 Å². The van der Waals surface area contributed by atoms with E-state index in [0.29, 0.717) is 19.0 Å². The summed E-state index contributed by atoms with van der Waals surface area (Å²) < 4.78 is 1.59. The molecule has 1 N–H and O–H groups in total. The van der Waals surface area contributed by atoms with Crippen LogP contribution in [0.2, 0.25) is 0 Å². The average molecular weight is 274 g/mol. The summed E-state index contributed by atoms with van der Waals surface area (Å²) in [6.45, 7) is 5.27. The molecule has 0 bridgehead atoms. The van der Waals surface area contributed by atoms with Crippen LogP contribution in [0.4, 0.5) is 5.95 Å². The maximum atomic E-state index is 10.8. The second-order valence-electron chi connectivity index (χ2n) is 4.90. The number of rotatable bonds is 3. The molecule has 2 aromatic rings. The maximum absolute atomic E-state index is 10.8. The number of aromatic nitrogens is 5. The monoisotopic (exact) mass is 274 g/mol. The molecule has 0 atom stereocenters. The Morgan fingerprint density at radius 3 is 2.50 bits per heavy atom. The molecule has 3 rings (SSSR count). The van der Waals surface area contributed by atoms with Crippen molar-refractivity contribution in [1.29, 1.82) is 0 Å². The van der Waals surface area contributed by atoms with Gasteiger partial charge in [0.15, 0.2) is 5.69 Å². The lowest BCUT2D eigenvalue weighted by atomic mass is 10.1. The second-order valence-corrected chi connectivity index (χ2v) is 4.90. The highest BCUT2D eigenvalue weighted by Gasteiger charge is 2.31. The SMILES string of the molecule is Cc1cc(C)nc(N2CC(n3cc(C(=O)O)nn3)C2)n1. The van der Waals surface area contributed by atoms with Crippen molar-refractivity contribution < 1.29 is 9.90 Å². The maximum Gasteiger partial charge on any atom is 0.358 e. The van der Waals surface area contributed by atoms with Crippen molar-refractivity contribution in [3.8, 4) is 0 Å². The van der Waals surface area contributed by atoms with Crippen LogP contribution in [0, 0.1) is 13.8 Å². The molecule has 1 saturated heterocycles. The summed E-state index contributed by atoms with van der Waals surface area (Å²) in [4.78, 5) is 21.6. The van der Waals surface area contributed by atoms with Gasteiger partial charge in [-0.2, -0.15) is 0 Å². The largest absolute Gasteiger partial charge is 0.476 e. The molecule has 0 spiro atoms. The predicted octanol–water partition coefficient (Wildman–Crippen LogP) is 0.444. The van der Waals surface area contributed by atoms with E-state index in [-0.39, 0.29) is 11.7 Å². The van der Waals surface area contributed by atoms with E-state index in [1.54, 1.807) is 4.68 Å². The molecule has 0 unspecified atom stereocenters. The zero-order valence-corrected chi connectivity index (χ0v) is 11.2. The van der Waals surface area contributed by atoms with Crippen LogP contribution in [0.1, 0.15) is 27.9 Å². The minimum absolute atomic E-state index is 0.0360. The summed E-state index contributed by atoms with van der Waals surface area (Å²) in [5, 5.41) is 16.3. The van der Waals surface area contributed by atoms with Crippen LogP contribution in [-0.2, 0) is 0 Å². The fraction of sp³-hybridized carbons (Fsp3) is 0.417. The van der Waals surface area contributed by atoms with Crippen LogP contribution in [-0.4, -0.2) is 49.1 Å². The molecule has 1 aliphatic rings. The molecule has 104 valence electrons. The Bertz CT molecular complexity index is 641. The van der Waals surface area contributed by atoms with Gasteiger partial charge < -0.3 is 10.0 Å². The Morgan fingerprint density at radius 2 is 1.95 bits per heavy atom. The lowest BCUT2D eigenvalue weighted by molar-refractivity contribution is 0.0690. The van der Waals surface area contributed by atoms with Crippen LogP contribution in [0.5, 0.6) is 0 Å². The molecule has 8 nitrogen and oxygen atoms in total. The van der Waals surface area contributed by atoms with Crippen LogP contribution >= 0.6 is 0 Å². The quantitative estimate of drug-likeness (QED) is 0.867. The minimum Gasteiger partial charge on any atom is -0.476 e. The summed E-state index contributed by atoms with van der Waals surface area (Å²) >= 11 is 0. The standard InChI is InChI=1S/C12H14N6O2/c1-7-3-8(2)14-12(13-7)17-4-9(5-17)18-6-10(11(19)20)15-16-18/h3,6,9H,4-5H2,1-2H3,(H,19,20). The third-order valence-corrected chi connectivity index (χ3v) is 3.22. The van der Waals surface area contributed by atoms with Crippen molar-refractivity contribution in [3.63, 3.8) is 0 Å². The number of carbonyl (C=O) groups is 1. The number of carboxylic acids is 1. The van der Waals surface area contributed by atoms with E-state index in [2.05, 4.69) is 20.3 Å². The number of aromatic carboxylic acids is 1. The highest BCUT2D eigenvalue weighted by atomic mass is 16.4. The van der Waals surface area contributed by atoms with E-state index >= 15 is 0 Å². The van der Waals surface area contributed by atoms with Crippen LogP contribution < -0.4 is 4.90 Å². The van der Waals surface area contributed by atoms with E-state index in [0.717, 1.165) is 11.4 Å². The Labute approximate surface area is 115 Å². The number of hydrogen-bond acceptors (Lipinski definition) is 6. The van der Waals surface area contributed by atoms with Gasteiger partial charge in [-0.15, -0.1) is 5.10 Å². The van der Waals surface area contributed by atoms with E-state index in [1.807, 2.05) is 24.8 Å². The van der Waals surface area contributed by atoms with Gasteiger partial charge in [-0.3, -0.25) is 0 Å². The number of anilines is 1. The summed E-state index contributed by atoms with van der Waals surface area (Å²) in [5.74, 6) is -0.359. The van der Waals surface area contributed by atoms with Gasteiger partial charge in [-0.25, -0.2) is 19.4 Å². The fourth-order valence-electron chi connectivity index (χ4n) is 2.19. The zero-order valence-electron chi connectivity index (χ0n) is 11.2. The number of aryl methyl sites for hydroxylation is 2. The van der Waals surface area contributed by atoms with E-state index in [4.69, 9.17) is 5.11 Å². The van der Waals surface area contributed by atoms with Crippen molar-refractivity contribution in [2.24, 2.45) is 0 Å². The summed E-state index contributed by atoms with van der Waals surface area (Å²) in [6.07, 6.45) is 1.45. The van der Waals surface area contributed by atoms with Crippen molar-refractivity contribution in [3.05, 3.63) is 29.3 Å².